The van der Waals surface area contributed by atoms with Crippen LogP contribution < -0.4 is 0 Å². The molecule has 2 atom stereocenters. The van der Waals surface area contributed by atoms with Gasteiger partial charge in [0.25, 0.3) is 0 Å². The van der Waals surface area contributed by atoms with Gasteiger partial charge in [-0.2, -0.15) is 0 Å². The minimum absolute atomic E-state index is 0.152. The monoisotopic (exact) mass is 275 g/mol. The molecule has 0 aliphatic rings. The highest BCUT2D eigenvalue weighted by Crippen LogP contribution is 2.22. The minimum atomic E-state index is 0.152. The second-order valence-corrected chi connectivity index (χ2v) is 6.56. The number of thiocarbonyl (C=S) groups is 1. The average molecular weight is 275 g/mol. The normalized spacial score (nSPS) is 14.2. The lowest BCUT2D eigenvalue weighted by Gasteiger charge is -2.19. The highest BCUT2D eigenvalue weighted by atomic mass is 32.2. The summed E-state index contributed by atoms with van der Waals surface area (Å²) in [6, 6.07) is 0. The number of thioether (sulfide) groups is 1. The number of carbonyl (C=O) groups is 1. The van der Waals surface area contributed by atoms with Gasteiger partial charge in [-0.1, -0.05) is 50.7 Å². The summed E-state index contributed by atoms with van der Waals surface area (Å²) in [7, 11) is 3.88. The number of ketones is 1. The van der Waals surface area contributed by atoms with E-state index in [-0.39, 0.29) is 5.92 Å². The van der Waals surface area contributed by atoms with Gasteiger partial charge in [-0.15, -0.1) is 0 Å². The molecule has 0 N–H and O–H groups in total. The third-order valence-electron chi connectivity index (χ3n) is 2.82. The standard InChI is InChI=1S/C13H25NOS2/c1-6-7-10(2)8-12(11(3)15)9-17-13(16)14(4)5/h10,12H,6-9H2,1-5H3. The molecule has 0 aromatic rings. The van der Waals surface area contributed by atoms with Gasteiger partial charge in [-0.25, -0.2) is 0 Å². The van der Waals surface area contributed by atoms with Crippen LogP contribution >= 0.6 is 24.0 Å². The van der Waals surface area contributed by atoms with Gasteiger partial charge in [0.05, 0.1) is 0 Å². The van der Waals surface area contributed by atoms with E-state index in [0.717, 1.165) is 16.5 Å². The maximum Gasteiger partial charge on any atom is 0.135 e. The van der Waals surface area contributed by atoms with Crippen LogP contribution in [0, 0.1) is 11.8 Å². The zero-order chi connectivity index (χ0) is 13.4. The van der Waals surface area contributed by atoms with Gasteiger partial charge in [0.15, 0.2) is 0 Å². The predicted octanol–water partition coefficient (Wildman–Crippen LogP) is 3.60. The van der Waals surface area contributed by atoms with Crippen molar-refractivity contribution in [3.05, 3.63) is 0 Å². The van der Waals surface area contributed by atoms with Crippen LogP contribution in [0.15, 0.2) is 0 Å². The van der Waals surface area contributed by atoms with Gasteiger partial charge >= 0.3 is 0 Å². The third-order valence-corrected chi connectivity index (χ3v) is 4.72. The van der Waals surface area contributed by atoms with E-state index >= 15 is 0 Å². The maximum absolute atomic E-state index is 11.6. The molecular formula is C13H25NOS2. The summed E-state index contributed by atoms with van der Waals surface area (Å²) in [5.41, 5.74) is 0. The van der Waals surface area contributed by atoms with Gasteiger partial charge in [0, 0.05) is 25.8 Å². The summed E-state index contributed by atoms with van der Waals surface area (Å²) >= 11 is 6.84. The Morgan fingerprint density at radius 3 is 2.41 bits per heavy atom. The molecule has 0 rings (SSSR count). The van der Waals surface area contributed by atoms with E-state index < -0.39 is 0 Å². The van der Waals surface area contributed by atoms with Crippen molar-refractivity contribution in [2.24, 2.45) is 11.8 Å². The van der Waals surface area contributed by atoms with Gasteiger partial charge < -0.3 is 4.90 Å². The Morgan fingerprint density at radius 1 is 1.41 bits per heavy atom. The SMILES string of the molecule is CCCC(C)CC(CSC(=S)N(C)C)C(C)=O. The molecule has 0 aliphatic carbocycles. The van der Waals surface area contributed by atoms with E-state index in [2.05, 4.69) is 13.8 Å². The fraction of sp³-hybridized carbons (Fsp3) is 0.846. The number of Topliss-reactive ketones (excluding diaryl/α,β-unsaturated/α-hetero) is 1. The van der Waals surface area contributed by atoms with Crippen LogP contribution in [0.2, 0.25) is 0 Å². The summed E-state index contributed by atoms with van der Waals surface area (Å²) in [6.45, 7) is 6.12. The summed E-state index contributed by atoms with van der Waals surface area (Å²) in [6.07, 6.45) is 3.38. The van der Waals surface area contributed by atoms with Gasteiger partial charge in [-0.05, 0) is 19.3 Å². The second-order valence-electron chi connectivity index (χ2n) is 4.91. The van der Waals surface area contributed by atoms with Crippen molar-refractivity contribution in [2.75, 3.05) is 19.8 Å². The molecule has 0 aromatic carbocycles. The Morgan fingerprint density at radius 2 is 2.00 bits per heavy atom. The molecular weight excluding hydrogens is 250 g/mol. The number of carbonyl (C=O) groups excluding carboxylic acids is 1. The molecule has 17 heavy (non-hydrogen) atoms. The van der Waals surface area contributed by atoms with Crippen LogP contribution in [0.4, 0.5) is 0 Å². The van der Waals surface area contributed by atoms with Crippen molar-refractivity contribution in [3.8, 4) is 0 Å². The quantitative estimate of drug-likeness (QED) is 0.661. The Bertz CT molecular complexity index is 254. The van der Waals surface area contributed by atoms with E-state index in [1.807, 2.05) is 19.0 Å². The Labute approximate surface area is 116 Å². The lowest BCUT2D eigenvalue weighted by molar-refractivity contribution is -0.120. The van der Waals surface area contributed by atoms with Crippen molar-refractivity contribution >= 4 is 34.1 Å². The zero-order valence-corrected chi connectivity index (χ0v) is 13.3. The molecule has 0 heterocycles. The van der Waals surface area contributed by atoms with Gasteiger partial charge in [0.1, 0.15) is 10.1 Å². The molecule has 100 valence electrons. The van der Waals surface area contributed by atoms with Crippen LogP contribution in [0.3, 0.4) is 0 Å². The van der Waals surface area contributed by atoms with Crippen molar-refractivity contribution in [1.82, 2.24) is 4.90 Å². The van der Waals surface area contributed by atoms with E-state index in [1.165, 1.54) is 12.8 Å². The number of rotatable bonds is 7. The molecule has 0 spiro atoms. The molecule has 0 aliphatic heterocycles. The molecule has 0 amide bonds. The van der Waals surface area contributed by atoms with Crippen molar-refractivity contribution < 1.29 is 4.79 Å². The zero-order valence-electron chi connectivity index (χ0n) is 11.7. The van der Waals surface area contributed by atoms with Crippen LogP contribution in [0.1, 0.15) is 40.0 Å². The number of hydrogen-bond donors (Lipinski definition) is 0. The first kappa shape index (κ1) is 16.9. The highest BCUT2D eigenvalue weighted by molar-refractivity contribution is 8.22. The number of nitrogens with zero attached hydrogens (tertiary/aromatic N) is 1. The predicted molar refractivity (Wildman–Crippen MR) is 81.6 cm³/mol. The highest BCUT2D eigenvalue weighted by Gasteiger charge is 2.18. The summed E-state index contributed by atoms with van der Waals surface area (Å²) < 4.78 is 0.861. The Kier molecular flexibility index (Phi) is 8.88. The fourth-order valence-corrected chi connectivity index (χ4v) is 2.93. The first-order valence-corrected chi connectivity index (χ1v) is 7.62. The Hall–Kier alpha value is -0.0900. The van der Waals surface area contributed by atoms with Crippen molar-refractivity contribution in [1.29, 1.82) is 0 Å². The second kappa shape index (κ2) is 8.92. The first-order valence-electron chi connectivity index (χ1n) is 6.23. The molecule has 0 fully saturated rings. The Balaban J connectivity index is 4.16. The summed E-state index contributed by atoms with van der Waals surface area (Å²) in [5, 5.41) is 0. The van der Waals surface area contributed by atoms with E-state index in [0.29, 0.717) is 11.7 Å². The molecule has 2 unspecified atom stereocenters. The molecule has 0 bridgehead atoms. The van der Waals surface area contributed by atoms with Gasteiger partial charge in [0.2, 0.25) is 0 Å². The van der Waals surface area contributed by atoms with E-state index in [1.54, 1.807) is 18.7 Å². The van der Waals surface area contributed by atoms with Crippen molar-refractivity contribution in [2.45, 2.75) is 40.0 Å². The van der Waals surface area contributed by atoms with Gasteiger partial charge in [-0.3, -0.25) is 4.79 Å². The van der Waals surface area contributed by atoms with Crippen LogP contribution in [0.25, 0.3) is 0 Å². The molecule has 0 saturated carbocycles. The number of hydrogen-bond acceptors (Lipinski definition) is 3. The topological polar surface area (TPSA) is 20.3 Å². The maximum atomic E-state index is 11.6. The summed E-state index contributed by atoms with van der Waals surface area (Å²) in [4.78, 5) is 13.5. The summed E-state index contributed by atoms with van der Waals surface area (Å²) in [5.74, 6) is 1.89. The molecule has 0 radical (unpaired) electrons. The minimum Gasteiger partial charge on any atom is -0.364 e. The molecule has 2 nitrogen and oxygen atoms in total. The molecule has 0 saturated heterocycles. The van der Waals surface area contributed by atoms with Crippen LogP contribution in [-0.4, -0.2) is 34.9 Å². The van der Waals surface area contributed by atoms with E-state index in [4.69, 9.17) is 12.2 Å². The smallest absolute Gasteiger partial charge is 0.135 e. The molecule has 4 heteroatoms. The van der Waals surface area contributed by atoms with Crippen LogP contribution in [-0.2, 0) is 4.79 Å². The fourth-order valence-electron chi connectivity index (χ4n) is 1.75. The largest absolute Gasteiger partial charge is 0.364 e. The third kappa shape index (κ3) is 7.77. The van der Waals surface area contributed by atoms with Crippen LogP contribution in [0.5, 0.6) is 0 Å². The van der Waals surface area contributed by atoms with Crippen molar-refractivity contribution in [3.63, 3.8) is 0 Å². The lowest BCUT2D eigenvalue weighted by atomic mass is 9.91. The average Bonchev–Trinajstić information content (AvgIpc) is 2.23. The first-order chi connectivity index (χ1) is 7.88. The van der Waals surface area contributed by atoms with E-state index in [9.17, 15) is 4.79 Å². The lowest BCUT2D eigenvalue weighted by Crippen LogP contribution is -2.21. The molecule has 0 aromatic heterocycles.